The van der Waals surface area contributed by atoms with E-state index < -0.39 is 18.1 Å². The first-order chi connectivity index (χ1) is 13.2. The van der Waals surface area contributed by atoms with Gasteiger partial charge in [0.2, 0.25) is 0 Å². The van der Waals surface area contributed by atoms with Gasteiger partial charge in [0.15, 0.2) is 5.82 Å². The third-order valence-electron chi connectivity index (χ3n) is 2.92. The zero-order valence-corrected chi connectivity index (χ0v) is 15.2. The molecule has 0 unspecified atom stereocenters. The summed E-state index contributed by atoms with van der Waals surface area (Å²) in [5.41, 5.74) is 0.202. The molecule has 13 heteroatoms. The maximum absolute atomic E-state index is 12.1. The molecule has 0 aliphatic heterocycles. The maximum atomic E-state index is 12.1. The van der Waals surface area contributed by atoms with Crippen LogP contribution in [0.5, 0.6) is 11.8 Å². The van der Waals surface area contributed by atoms with Gasteiger partial charge in [-0.1, -0.05) is 23.2 Å². The molecule has 0 aliphatic carbocycles. The summed E-state index contributed by atoms with van der Waals surface area (Å²) in [5.74, 6) is -0.399. The van der Waals surface area contributed by atoms with Gasteiger partial charge in [-0.15, -0.1) is 13.2 Å². The van der Waals surface area contributed by atoms with Gasteiger partial charge in [0, 0.05) is 12.2 Å². The highest BCUT2D eigenvalue weighted by atomic mass is 35.5. The second kappa shape index (κ2) is 9.33. The number of rotatable bonds is 7. The number of alkyl halides is 3. The summed E-state index contributed by atoms with van der Waals surface area (Å²) in [4.78, 5) is 26.4. The molecule has 0 saturated heterocycles. The number of halogens is 5. The third-order valence-corrected chi connectivity index (χ3v) is 3.23. The van der Waals surface area contributed by atoms with Crippen molar-refractivity contribution >= 4 is 47.2 Å². The first kappa shape index (κ1) is 21.4. The fraction of sp³-hybridized carbons (Fsp3) is 0.133. The Hall–Kier alpha value is -2.92. The summed E-state index contributed by atoms with van der Waals surface area (Å²) >= 11 is 11.0. The zero-order valence-electron chi connectivity index (χ0n) is 13.7. The normalized spacial score (nSPS) is 10.8. The first-order valence-electron chi connectivity index (χ1n) is 7.29. The molecule has 1 heterocycles. The minimum absolute atomic E-state index is 0.0176. The largest absolute Gasteiger partial charge is 0.573 e. The summed E-state index contributed by atoms with van der Waals surface area (Å²) in [5, 5.41) is 4.77. The molecule has 0 atom stereocenters. The van der Waals surface area contributed by atoms with E-state index in [1.54, 1.807) is 0 Å². The Balaban J connectivity index is 2.01. The van der Waals surface area contributed by atoms with Gasteiger partial charge in [-0.3, -0.25) is 14.7 Å². The van der Waals surface area contributed by atoms with Crippen molar-refractivity contribution in [2.24, 2.45) is 0 Å². The van der Waals surface area contributed by atoms with Crippen LogP contribution >= 0.6 is 23.2 Å². The van der Waals surface area contributed by atoms with Crippen LogP contribution in [0.2, 0.25) is 0 Å². The van der Waals surface area contributed by atoms with E-state index in [1.807, 2.05) is 0 Å². The lowest BCUT2D eigenvalue weighted by molar-refractivity contribution is -0.274. The number of urea groups is 1. The SMILES string of the molecule is O=COc1nc(NC(=O)Nc2ccc(OC(F)(F)F)cc2)cn1CC=C(Cl)Cl. The van der Waals surface area contributed by atoms with Crippen molar-refractivity contribution in [2.75, 3.05) is 10.6 Å². The van der Waals surface area contributed by atoms with E-state index >= 15 is 0 Å². The minimum atomic E-state index is -4.81. The standard InChI is InChI=1S/C15H11Cl2F3N4O4/c16-11(17)5-6-24-7-12(23-14(24)27-8-25)22-13(26)21-9-1-3-10(4-2-9)28-15(18,19)20/h1-5,7-8H,6H2,(H2,21,22,26). The Morgan fingerprint density at radius 1 is 1.21 bits per heavy atom. The molecule has 1 aromatic carbocycles. The van der Waals surface area contributed by atoms with Crippen LogP contribution in [0.4, 0.5) is 29.5 Å². The van der Waals surface area contributed by atoms with E-state index in [9.17, 15) is 22.8 Å². The van der Waals surface area contributed by atoms with Gasteiger partial charge in [0.1, 0.15) is 10.2 Å². The van der Waals surface area contributed by atoms with Crippen LogP contribution in [0.15, 0.2) is 41.0 Å². The Morgan fingerprint density at radius 3 is 2.46 bits per heavy atom. The van der Waals surface area contributed by atoms with E-state index in [0.29, 0.717) is 0 Å². The minimum Gasteiger partial charge on any atom is -0.406 e. The quantitative estimate of drug-likeness (QED) is 0.629. The topological polar surface area (TPSA) is 94.5 Å². The van der Waals surface area contributed by atoms with Gasteiger partial charge < -0.3 is 14.8 Å². The van der Waals surface area contributed by atoms with Crippen LogP contribution in [0.1, 0.15) is 0 Å². The van der Waals surface area contributed by atoms with Crippen LogP contribution < -0.4 is 20.1 Å². The van der Waals surface area contributed by atoms with Crippen LogP contribution in [0.3, 0.4) is 0 Å². The molecule has 0 spiro atoms. The number of hydrogen-bond acceptors (Lipinski definition) is 5. The molecule has 2 N–H and O–H groups in total. The summed E-state index contributed by atoms with van der Waals surface area (Å²) in [6.07, 6.45) is -2.06. The number of nitrogens with one attached hydrogen (secondary N) is 2. The molecular formula is C15H11Cl2F3N4O4. The fourth-order valence-corrected chi connectivity index (χ4v) is 2.05. The molecule has 0 radical (unpaired) electrons. The molecule has 150 valence electrons. The van der Waals surface area contributed by atoms with Gasteiger partial charge in [-0.05, 0) is 30.3 Å². The van der Waals surface area contributed by atoms with E-state index in [2.05, 4.69) is 25.1 Å². The van der Waals surface area contributed by atoms with Gasteiger partial charge in [-0.2, -0.15) is 4.98 Å². The second-order valence-electron chi connectivity index (χ2n) is 4.92. The van der Waals surface area contributed by atoms with E-state index in [0.717, 1.165) is 12.1 Å². The monoisotopic (exact) mass is 438 g/mol. The Morgan fingerprint density at radius 2 is 1.89 bits per heavy atom. The Kier molecular flexibility index (Phi) is 7.12. The van der Waals surface area contributed by atoms with Gasteiger partial charge in [0.25, 0.3) is 0 Å². The summed E-state index contributed by atoms with van der Waals surface area (Å²) in [6.45, 7) is 0.266. The van der Waals surface area contributed by atoms with E-state index in [-0.39, 0.29) is 35.0 Å². The van der Waals surface area contributed by atoms with Crippen LogP contribution in [-0.4, -0.2) is 28.4 Å². The lowest BCUT2D eigenvalue weighted by atomic mass is 10.3. The van der Waals surface area contributed by atoms with Crippen molar-refractivity contribution in [1.82, 2.24) is 9.55 Å². The fourth-order valence-electron chi connectivity index (χ4n) is 1.91. The van der Waals surface area contributed by atoms with E-state index in [4.69, 9.17) is 23.2 Å². The van der Waals surface area contributed by atoms with Crippen molar-refractivity contribution < 1.29 is 32.2 Å². The lowest BCUT2D eigenvalue weighted by Crippen LogP contribution is -2.20. The van der Waals surface area contributed by atoms with Gasteiger partial charge in [0.05, 0.1) is 6.20 Å². The van der Waals surface area contributed by atoms with E-state index in [1.165, 1.54) is 29.0 Å². The van der Waals surface area contributed by atoms with Crippen molar-refractivity contribution in [3.63, 3.8) is 0 Å². The number of ether oxygens (including phenoxy) is 2. The molecule has 0 aliphatic rings. The maximum Gasteiger partial charge on any atom is 0.573 e. The number of carbonyl (C=O) groups is 2. The zero-order chi connectivity index (χ0) is 20.7. The summed E-state index contributed by atoms with van der Waals surface area (Å²) in [6, 6.07) is 3.65. The number of allylic oxidation sites excluding steroid dienone is 1. The van der Waals surface area contributed by atoms with Crippen LogP contribution in [0.25, 0.3) is 0 Å². The number of carbonyl (C=O) groups excluding carboxylic acids is 2. The molecule has 0 bridgehead atoms. The second-order valence-corrected chi connectivity index (χ2v) is 5.93. The predicted octanol–water partition coefficient (Wildman–Crippen LogP) is 4.28. The number of benzene rings is 1. The third kappa shape index (κ3) is 7.00. The van der Waals surface area contributed by atoms with Gasteiger partial charge in [-0.25, -0.2) is 4.79 Å². The van der Waals surface area contributed by atoms with Crippen LogP contribution in [-0.2, 0) is 11.3 Å². The Bertz CT molecular complexity index is 865. The number of imidazole rings is 1. The van der Waals surface area contributed by atoms with Crippen molar-refractivity contribution in [1.29, 1.82) is 0 Å². The van der Waals surface area contributed by atoms with Crippen molar-refractivity contribution in [3.8, 4) is 11.8 Å². The van der Waals surface area contributed by atoms with Crippen molar-refractivity contribution in [3.05, 3.63) is 41.0 Å². The highest BCUT2D eigenvalue weighted by molar-refractivity contribution is 6.55. The summed E-state index contributed by atoms with van der Waals surface area (Å²) < 4.78 is 46.1. The van der Waals surface area contributed by atoms with Crippen molar-refractivity contribution in [2.45, 2.75) is 12.9 Å². The number of anilines is 2. The molecule has 28 heavy (non-hydrogen) atoms. The molecule has 1 aromatic heterocycles. The number of amides is 2. The molecular weight excluding hydrogens is 428 g/mol. The molecule has 2 amide bonds. The molecule has 8 nitrogen and oxygen atoms in total. The number of aromatic nitrogens is 2. The molecule has 0 saturated carbocycles. The average Bonchev–Trinajstić information content (AvgIpc) is 2.95. The number of nitrogens with zero attached hydrogens (tertiary/aromatic N) is 2. The smallest absolute Gasteiger partial charge is 0.406 e. The molecule has 0 fully saturated rings. The van der Waals surface area contributed by atoms with Crippen LogP contribution in [0, 0.1) is 0 Å². The highest BCUT2D eigenvalue weighted by Crippen LogP contribution is 2.24. The predicted molar refractivity (Wildman–Crippen MR) is 94.5 cm³/mol. The number of hydrogen-bond donors (Lipinski definition) is 2. The lowest BCUT2D eigenvalue weighted by Gasteiger charge is -2.10. The average molecular weight is 439 g/mol. The molecule has 2 rings (SSSR count). The molecule has 2 aromatic rings. The summed E-state index contributed by atoms with van der Waals surface area (Å²) in [7, 11) is 0. The Labute approximate surface area is 165 Å². The first-order valence-corrected chi connectivity index (χ1v) is 8.04. The highest BCUT2D eigenvalue weighted by Gasteiger charge is 2.30. The van der Waals surface area contributed by atoms with Gasteiger partial charge >= 0.3 is 24.9 Å².